The first kappa shape index (κ1) is 17.1. The molecule has 24 heavy (non-hydrogen) atoms. The molecule has 0 amide bonds. The third-order valence-corrected chi connectivity index (χ3v) is 5.78. The summed E-state index contributed by atoms with van der Waals surface area (Å²) in [4.78, 5) is 18.5. The zero-order valence-corrected chi connectivity index (χ0v) is 15.2. The second-order valence-electron chi connectivity index (χ2n) is 6.57. The van der Waals surface area contributed by atoms with Crippen molar-refractivity contribution in [2.24, 2.45) is 0 Å². The lowest BCUT2D eigenvalue weighted by Gasteiger charge is -2.39. The lowest BCUT2D eigenvalue weighted by molar-refractivity contribution is 0.102. The van der Waals surface area contributed by atoms with E-state index in [0.29, 0.717) is 5.56 Å². The highest BCUT2D eigenvalue weighted by Crippen LogP contribution is 2.38. The molecule has 0 N–H and O–H groups in total. The fraction of sp³-hybridized carbons (Fsp3) is 0.421. The van der Waals surface area contributed by atoms with Gasteiger partial charge in [0.05, 0.1) is 10.9 Å². The van der Waals surface area contributed by atoms with Gasteiger partial charge in [-0.05, 0) is 56.8 Å². The van der Waals surface area contributed by atoms with Crippen molar-refractivity contribution in [1.29, 1.82) is 0 Å². The van der Waals surface area contributed by atoms with Gasteiger partial charge in [0, 0.05) is 23.7 Å². The van der Waals surface area contributed by atoms with E-state index in [2.05, 4.69) is 30.0 Å². The quantitative estimate of drug-likeness (QED) is 0.762. The molecule has 0 saturated carbocycles. The average Bonchev–Trinajstić information content (AvgIpc) is 3.00. The van der Waals surface area contributed by atoms with Crippen molar-refractivity contribution in [3.63, 3.8) is 0 Å². The van der Waals surface area contributed by atoms with Crippen LogP contribution < -0.4 is 4.90 Å². The molecule has 1 aliphatic heterocycles. The first-order valence-corrected chi connectivity index (χ1v) is 9.01. The summed E-state index contributed by atoms with van der Waals surface area (Å²) >= 11 is 1.63. The van der Waals surface area contributed by atoms with Crippen LogP contribution in [0.3, 0.4) is 0 Å². The van der Waals surface area contributed by atoms with E-state index in [0.717, 1.165) is 30.1 Å². The Morgan fingerprint density at radius 3 is 2.62 bits per heavy atom. The fourth-order valence-electron chi connectivity index (χ4n) is 3.27. The van der Waals surface area contributed by atoms with Crippen molar-refractivity contribution in [2.75, 3.05) is 32.1 Å². The number of Topliss-reactive ketones (excluding diaryl/α,β-unsaturated/α-hetero) is 1. The molecule has 1 unspecified atom stereocenters. The number of carbonyl (C=O) groups excluding carboxylic acids is 1. The molecule has 0 radical (unpaired) electrons. The van der Waals surface area contributed by atoms with Crippen molar-refractivity contribution in [2.45, 2.75) is 26.1 Å². The number of halogens is 1. The molecule has 0 bridgehead atoms. The zero-order valence-electron chi connectivity index (χ0n) is 14.4. The normalized spacial score (nSPS) is 17.2. The fourth-order valence-corrected chi connectivity index (χ4v) is 4.37. The first-order chi connectivity index (χ1) is 11.5. The van der Waals surface area contributed by atoms with Gasteiger partial charge in [-0.1, -0.05) is 12.1 Å². The number of nitrogens with zero attached hydrogens (tertiary/aromatic N) is 2. The molecule has 0 spiro atoms. The van der Waals surface area contributed by atoms with Crippen LogP contribution in [-0.2, 0) is 13.1 Å². The van der Waals surface area contributed by atoms with Gasteiger partial charge in [-0.3, -0.25) is 4.79 Å². The van der Waals surface area contributed by atoms with Crippen LogP contribution in [0.5, 0.6) is 0 Å². The maximum atomic E-state index is 12.8. The van der Waals surface area contributed by atoms with Crippen LogP contribution in [0.2, 0.25) is 0 Å². The Morgan fingerprint density at radius 1 is 1.33 bits per heavy atom. The monoisotopic (exact) mass is 346 g/mol. The molecule has 5 heteroatoms. The molecule has 128 valence electrons. The summed E-state index contributed by atoms with van der Waals surface area (Å²) in [7, 11) is 4.13. The molecule has 0 aliphatic carbocycles. The third kappa shape index (κ3) is 3.37. The van der Waals surface area contributed by atoms with E-state index in [1.54, 1.807) is 18.3 Å². The molecule has 3 nitrogen and oxygen atoms in total. The van der Waals surface area contributed by atoms with Crippen LogP contribution in [0.25, 0.3) is 0 Å². The first-order valence-electron chi connectivity index (χ1n) is 8.19. The number of anilines is 1. The molecule has 1 atom stereocenters. The number of fused-ring (bicyclic) bond motifs is 1. The highest BCUT2D eigenvalue weighted by molar-refractivity contribution is 7.14. The largest absolute Gasteiger partial charge is 0.363 e. The summed E-state index contributed by atoms with van der Waals surface area (Å²) in [6, 6.07) is 9.99. The standard InChI is InChI=1S/C19H23FN2OS/c1-13(23)19-10-16-17(12-21(2)3)22(9-8-18(16)24-19)15-6-4-14(11-20)5-7-15/h4-7,10,17H,8-9,11-12H2,1-3H3. The van der Waals surface area contributed by atoms with Gasteiger partial charge in [0.25, 0.3) is 0 Å². The number of carbonyl (C=O) groups is 1. The summed E-state index contributed by atoms with van der Waals surface area (Å²) in [5.74, 6) is 0.136. The van der Waals surface area contributed by atoms with Gasteiger partial charge in [0.15, 0.2) is 5.78 Å². The molecule has 0 saturated heterocycles. The Morgan fingerprint density at radius 2 is 2.04 bits per heavy atom. The Hall–Kier alpha value is -1.72. The molecule has 1 aromatic heterocycles. The van der Waals surface area contributed by atoms with Crippen molar-refractivity contribution in [3.05, 3.63) is 51.2 Å². The zero-order chi connectivity index (χ0) is 17.3. The third-order valence-electron chi connectivity index (χ3n) is 4.46. The number of hydrogen-bond acceptors (Lipinski definition) is 4. The number of likely N-dealkylation sites (N-methyl/N-ethyl adjacent to an activating group) is 1. The van der Waals surface area contributed by atoms with E-state index < -0.39 is 6.67 Å². The second-order valence-corrected chi connectivity index (χ2v) is 7.70. The van der Waals surface area contributed by atoms with Crippen LogP contribution >= 0.6 is 11.3 Å². The number of hydrogen-bond donors (Lipinski definition) is 0. The van der Waals surface area contributed by atoms with Crippen LogP contribution in [0.15, 0.2) is 30.3 Å². The molecule has 1 aromatic carbocycles. The van der Waals surface area contributed by atoms with Gasteiger partial charge < -0.3 is 9.80 Å². The number of thiophene rings is 1. The van der Waals surface area contributed by atoms with E-state index in [1.807, 2.05) is 24.3 Å². The molecule has 1 aliphatic rings. The van der Waals surface area contributed by atoms with Crippen molar-refractivity contribution in [1.82, 2.24) is 4.90 Å². The number of benzene rings is 1. The predicted octanol–water partition coefficient (Wildman–Crippen LogP) is 4.09. The number of alkyl halides is 1. The van der Waals surface area contributed by atoms with Crippen molar-refractivity contribution >= 4 is 22.8 Å². The Labute approximate surface area is 146 Å². The number of rotatable bonds is 5. The van der Waals surface area contributed by atoms with E-state index in [1.165, 1.54) is 10.4 Å². The van der Waals surface area contributed by atoms with E-state index in [9.17, 15) is 9.18 Å². The minimum Gasteiger partial charge on any atom is -0.363 e. The summed E-state index contributed by atoms with van der Waals surface area (Å²) < 4.78 is 12.8. The minimum atomic E-state index is -0.432. The van der Waals surface area contributed by atoms with E-state index in [-0.39, 0.29) is 11.8 Å². The highest BCUT2D eigenvalue weighted by atomic mass is 32.1. The van der Waals surface area contributed by atoms with Gasteiger partial charge in [-0.25, -0.2) is 4.39 Å². The summed E-state index contributed by atoms with van der Waals surface area (Å²) in [5, 5.41) is 0. The van der Waals surface area contributed by atoms with Gasteiger partial charge in [-0.2, -0.15) is 0 Å². The molecule has 0 fully saturated rings. The van der Waals surface area contributed by atoms with E-state index >= 15 is 0 Å². The van der Waals surface area contributed by atoms with Crippen LogP contribution in [0.4, 0.5) is 10.1 Å². The Kier molecular flexibility index (Phi) is 5.01. The maximum absolute atomic E-state index is 12.8. The highest BCUT2D eigenvalue weighted by Gasteiger charge is 2.30. The smallest absolute Gasteiger partial charge is 0.169 e. The maximum Gasteiger partial charge on any atom is 0.169 e. The van der Waals surface area contributed by atoms with Gasteiger partial charge in [0.1, 0.15) is 6.67 Å². The molecular weight excluding hydrogens is 323 g/mol. The topological polar surface area (TPSA) is 23.6 Å². The van der Waals surface area contributed by atoms with Gasteiger partial charge in [0.2, 0.25) is 0 Å². The average molecular weight is 346 g/mol. The summed E-state index contributed by atoms with van der Waals surface area (Å²) in [6.45, 7) is 2.99. The summed E-state index contributed by atoms with van der Waals surface area (Å²) in [6.07, 6.45) is 0.946. The van der Waals surface area contributed by atoms with Crippen molar-refractivity contribution < 1.29 is 9.18 Å². The summed E-state index contributed by atoms with van der Waals surface area (Å²) in [5.41, 5.74) is 3.08. The van der Waals surface area contributed by atoms with Crippen molar-refractivity contribution in [3.8, 4) is 0 Å². The van der Waals surface area contributed by atoms with Crippen LogP contribution in [0, 0.1) is 0 Å². The molecule has 3 rings (SSSR count). The number of ketones is 1. The minimum absolute atomic E-state index is 0.136. The predicted molar refractivity (Wildman–Crippen MR) is 97.9 cm³/mol. The van der Waals surface area contributed by atoms with Gasteiger partial charge in [-0.15, -0.1) is 11.3 Å². The lowest BCUT2D eigenvalue weighted by Crippen LogP contribution is -2.40. The SMILES string of the molecule is CC(=O)c1cc2c(s1)CCN(c1ccc(CF)cc1)C2CN(C)C. The van der Waals surface area contributed by atoms with Gasteiger partial charge >= 0.3 is 0 Å². The molecule has 2 heterocycles. The lowest BCUT2D eigenvalue weighted by atomic mass is 9.97. The van der Waals surface area contributed by atoms with E-state index in [4.69, 9.17) is 0 Å². The second kappa shape index (κ2) is 7.03. The molecular formula is C19H23FN2OS. The molecule has 2 aromatic rings. The Bertz CT molecular complexity index is 723. The van der Waals surface area contributed by atoms with Crippen LogP contribution in [0.1, 0.15) is 38.6 Å². The Balaban J connectivity index is 1.97. The van der Waals surface area contributed by atoms with Crippen LogP contribution in [-0.4, -0.2) is 37.9 Å².